The van der Waals surface area contributed by atoms with E-state index in [0.717, 1.165) is 31.6 Å². The molecule has 0 aromatic rings. The van der Waals surface area contributed by atoms with E-state index >= 15 is 0 Å². The Morgan fingerprint density at radius 3 is 2.29 bits per heavy atom. The lowest BCUT2D eigenvalue weighted by molar-refractivity contribution is -0.158. The second-order valence-corrected chi connectivity index (χ2v) is 7.44. The van der Waals surface area contributed by atoms with Crippen molar-refractivity contribution in [2.24, 2.45) is 11.8 Å². The second-order valence-electron chi connectivity index (χ2n) is 7.44. The lowest BCUT2D eigenvalue weighted by atomic mass is 9.81. The molecule has 118 valence electrons. The van der Waals surface area contributed by atoms with Gasteiger partial charge in [-0.2, -0.15) is 0 Å². The number of carbonyl (C=O) groups is 2. The molecule has 0 bridgehead atoms. The fraction of sp³-hybridized carbons (Fsp3) is 0.882. The van der Waals surface area contributed by atoms with Crippen molar-refractivity contribution in [3.05, 3.63) is 0 Å². The van der Waals surface area contributed by atoms with Crippen LogP contribution in [0, 0.1) is 11.8 Å². The van der Waals surface area contributed by atoms with Gasteiger partial charge in [0.25, 0.3) is 0 Å². The highest BCUT2D eigenvalue weighted by Crippen LogP contribution is 2.43. The first kappa shape index (κ1) is 14.9. The normalized spacial score (nSPS) is 41.1. The van der Waals surface area contributed by atoms with Crippen LogP contribution in [-0.4, -0.2) is 34.3 Å². The standard InChI is InChI=1S/C17H28N2O2/c1-4-12-5-9-14(10-6-12)19-11(2)15(20)18-17(3,16(19)21)13-7-8-13/h11-14H,4-10H2,1-3H3,(H,18,20). The molecule has 1 N–H and O–H groups in total. The molecule has 1 saturated heterocycles. The Morgan fingerprint density at radius 1 is 1.14 bits per heavy atom. The third-order valence-electron chi connectivity index (χ3n) is 6.04. The summed E-state index contributed by atoms with van der Waals surface area (Å²) in [6.07, 6.45) is 7.86. The van der Waals surface area contributed by atoms with Gasteiger partial charge in [0, 0.05) is 6.04 Å². The molecule has 3 aliphatic rings. The number of carbonyl (C=O) groups excluding carboxylic acids is 2. The third kappa shape index (κ3) is 2.47. The maximum Gasteiger partial charge on any atom is 0.249 e. The van der Waals surface area contributed by atoms with E-state index in [4.69, 9.17) is 0 Å². The summed E-state index contributed by atoms with van der Waals surface area (Å²) in [5, 5.41) is 3.01. The molecule has 2 atom stereocenters. The van der Waals surface area contributed by atoms with Gasteiger partial charge in [-0.3, -0.25) is 9.59 Å². The van der Waals surface area contributed by atoms with Crippen LogP contribution in [0.1, 0.15) is 65.7 Å². The monoisotopic (exact) mass is 292 g/mol. The summed E-state index contributed by atoms with van der Waals surface area (Å²) in [4.78, 5) is 27.3. The van der Waals surface area contributed by atoms with Crippen LogP contribution in [0.15, 0.2) is 0 Å². The summed E-state index contributed by atoms with van der Waals surface area (Å²) in [6.45, 7) is 6.06. The average Bonchev–Trinajstić information content (AvgIpc) is 3.31. The van der Waals surface area contributed by atoms with E-state index in [1.54, 1.807) is 0 Å². The van der Waals surface area contributed by atoms with Crippen LogP contribution >= 0.6 is 0 Å². The number of nitrogens with one attached hydrogen (secondary N) is 1. The van der Waals surface area contributed by atoms with Crippen molar-refractivity contribution in [1.29, 1.82) is 0 Å². The molecule has 0 aromatic heterocycles. The molecule has 2 amide bonds. The number of hydrogen-bond acceptors (Lipinski definition) is 2. The molecule has 2 unspecified atom stereocenters. The number of rotatable bonds is 3. The Balaban J connectivity index is 1.78. The van der Waals surface area contributed by atoms with Crippen molar-refractivity contribution in [1.82, 2.24) is 10.2 Å². The summed E-state index contributed by atoms with van der Waals surface area (Å²) in [6, 6.07) is -0.0491. The predicted octanol–water partition coefficient (Wildman–Crippen LogP) is 2.47. The molecule has 4 nitrogen and oxygen atoms in total. The zero-order valence-corrected chi connectivity index (χ0v) is 13.5. The van der Waals surface area contributed by atoms with Gasteiger partial charge in [-0.15, -0.1) is 0 Å². The lowest BCUT2D eigenvalue weighted by Crippen LogP contribution is -2.71. The smallest absolute Gasteiger partial charge is 0.249 e. The molecule has 4 heteroatoms. The van der Waals surface area contributed by atoms with E-state index in [2.05, 4.69) is 12.2 Å². The van der Waals surface area contributed by atoms with Crippen molar-refractivity contribution < 1.29 is 9.59 Å². The van der Waals surface area contributed by atoms with Gasteiger partial charge in [0.1, 0.15) is 11.6 Å². The largest absolute Gasteiger partial charge is 0.340 e. The van der Waals surface area contributed by atoms with Crippen LogP contribution in [0.25, 0.3) is 0 Å². The van der Waals surface area contributed by atoms with Gasteiger partial charge in [-0.05, 0) is 64.2 Å². The van der Waals surface area contributed by atoms with E-state index in [-0.39, 0.29) is 23.9 Å². The Morgan fingerprint density at radius 2 is 1.76 bits per heavy atom. The zero-order valence-electron chi connectivity index (χ0n) is 13.5. The molecular weight excluding hydrogens is 264 g/mol. The minimum Gasteiger partial charge on any atom is -0.340 e. The van der Waals surface area contributed by atoms with Gasteiger partial charge in [0.15, 0.2) is 0 Å². The first-order valence-electron chi connectivity index (χ1n) is 8.62. The Hall–Kier alpha value is -1.06. The molecule has 0 spiro atoms. The van der Waals surface area contributed by atoms with Crippen molar-refractivity contribution in [2.75, 3.05) is 0 Å². The Kier molecular flexibility index (Phi) is 3.74. The van der Waals surface area contributed by atoms with Crippen molar-refractivity contribution in [2.45, 2.75) is 83.3 Å². The summed E-state index contributed by atoms with van der Waals surface area (Å²) in [5.41, 5.74) is -0.648. The van der Waals surface area contributed by atoms with E-state index in [1.807, 2.05) is 18.7 Å². The first-order valence-corrected chi connectivity index (χ1v) is 8.62. The molecular formula is C17H28N2O2. The van der Waals surface area contributed by atoms with Crippen molar-refractivity contribution in [3.8, 4) is 0 Å². The fourth-order valence-electron chi connectivity index (χ4n) is 4.23. The quantitative estimate of drug-likeness (QED) is 0.868. The summed E-state index contributed by atoms with van der Waals surface area (Å²) in [5.74, 6) is 1.34. The van der Waals surface area contributed by atoms with Crippen LogP contribution in [0.5, 0.6) is 0 Å². The first-order chi connectivity index (χ1) is 9.97. The van der Waals surface area contributed by atoms with Gasteiger partial charge >= 0.3 is 0 Å². The van der Waals surface area contributed by atoms with Gasteiger partial charge in [0.2, 0.25) is 11.8 Å². The molecule has 21 heavy (non-hydrogen) atoms. The number of amides is 2. The third-order valence-corrected chi connectivity index (χ3v) is 6.04. The van der Waals surface area contributed by atoms with Crippen LogP contribution in [0.4, 0.5) is 0 Å². The van der Waals surface area contributed by atoms with E-state index in [0.29, 0.717) is 5.92 Å². The van der Waals surface area contributed by atoms with Crippen LogP contribution < -0.4 is 5.32 Å². The lowest BCUT2D eigenvalue weighted by Gasteiger charge is -2.48. The number of piperazine rings is 1. The second kappa shape index (κ2) is 5.29. The molecule has 1 heterocycles. The minimum absolute atomic E-state index is 0.0293. The van der Waals surface area contributed by atoms with Crippen LogP contribution in [0.2, 0.25) is 0 Å². The van der Waals surface area contributed by atoms with E-state index < -0.39 is 5.54 Å². The van der Waals surface area contributed by atoms with Crippen molar-refractivity contribution in [3.63, 3.8) is 0 Å². The van der Waals surface area contributed by atoms with E-state index in [1.165, 1.54) is 19.3 Å². The summed E-state index contributed by atoms with van der Waals surface area (Å²) < 4.78 is 0. The Labute approximate surface area is 127 Å². The fourth-order valence-corrected chi connectivity index (χ4v) is 4.23. The molecule has 0 aromatic carbocycles. The highest BCUT2D eigenvalue weighted by Gasteiger charge is 2.55. The van der Waals surface area contributed by atoms with Gasteiger partial charge in [-0.1, -0.05) is 13.3 Å². The molecule has 3 rings (SSSR count). The zero-order chi connectivity index (χ0) is 15.2. The molecule has 2 aliphatic carbocycles. The number of hydrogen-bond donors (Lipinski definition) is 1. The molecule has 2 saturated carbocycles. The topological polar surface area (TPSA) is 49.4 Å². The van der Waals surface area contributed by atoms with Crippen molar-refractivity contribution >= 4 is 11.8 Å². The van der Waals surface area contributed by atoms with Crippen LogP contribution in [0.3, 0.4) is 0 Å². The summed E-state index contributed by atoms with van der Waals surface area (Å²) in [7, 11) is 0. The Bertz CT molecular complexity index is 438. The predicted molar refractivity (Wildman–Crippen MR) is 81.6 cm³/mol. The maximum atomic E-state index is 13.0. The number of nitrogens with zero attached hydrogens (tertiary/aromatic N) is 1. The highest BCUT2D eigenvalue weighted by molar-refractivity contribution is 6.00. The van der Waals surface area contributed by atoms with E-state index in [9.17, 15) is 9.59 Å². The van der Waals surface area contributed by atoms with Gasteiger partial charge < -0.3 is 10.2 Å². The van der Waals surface area contributed by atoms with Gasteiger partial charge in [0.05, 0.1) is 0 Å². The maximum absolute atomic E-state index is 13.0. The molecule has 1 aliphatic heterocycles. The SMILES string of the molecule is CCC1CCC(N2C(=O)C(C)(C3CC3)NC(=O)C2C)CC1. The minimum atomic E-state index is -0.648. The van der Waals surface area contributed by atoms with Gasteiger partial charge in [-0.25, -0.2) is 0 Å². The highest BCUT2D eigenvalue weighted by atomic mass is 16.2. The average molecular weight is 292 g/mol. The molecule has 0 radical (unpaired) electrons. The summed E-state index contributed by atoms with van der Waals surface area (Å²) >= 11 is 0. The van der Waals surface area contributed by atoms with Crippen LogP contribution in [-0.2, 0) is 9.59 Å². The molecule has 3 fully saturated rings.